The zero-order valence-electron chi connectivity index (χ0n) is 13.1. The summed E-state index contributed by atoms with van der Waals surface area (Å²) < 4.78 is 55.0. The molecule has 6 nitrogen and oxygen atoms in total. The summed E-state index contributed by atoms with van der Waals surface area (Å²) in [5, 5.41) is 4.06. The molecule has 9 heteroatoms. The van der Waals surface area contributed by atoms with Crippen LogP contribution in [0.4, 0.5) is 8.78 Å². The van der Waals surface area contributed by atoms with Gasteiger partial charge >= 0.3 is 0 Å². The number of hydrogen-bond acceptors (Lipinski definition) is 4. The van der Waals surface area contributed by atoms with E-state index in [-0.39, 0.29) is 6.54 Å². The van der Waals surface area contributed by atoms with Crippen LogP contribution in [0.25, 0.3) is 11.3 Å². The molecule has 0 amide bonds. The second kappa shape index (κ2) is 6.69. The number of pyridine rings is 1. The summed E-state index contributed by atoms with van der Waals surface area (Å²) in [5.41, 5.74) is 1.91. The Kier molecular flexibility index (Phi) is 4.60. The monoisotopic (exact) mass is 364 g/mol. The summed E-state index contributed by atoms with van der Waals surface area (Å²) in [6, 6.07) is 5.52. The molecule has 0 atom stereocenters. The maximum absolute atomic E-state index is 13.3. The summed E-state index contributed by atoms with van der Waals surface area (Å²) in [6.45, 7) is -0.0848. The highest BCUT2D eigenvalue weighted by Gasteiger charge is 2.17. The molecule has 130 valence electrons. The molecule has 0 saturated heterocycles. The molecule has 0 spiro atoms. The van der Waals surface area contributed by atoms with E-state index in [4.69, 9.17) is 0 Å². The molecule has 0 aliphatic rings. The summed E-state index contributed by atoms with van der Waals surface area (Å²) in [6.07, 6.45) is 4.95. The average Bonchev–Trinajstić information content (AvgIpc) is 2.99. The van der Waals surface area contributed by atoms with Gasteiger partial charge in [0.2, 0.25) is 10.0 Å². The average molecular weight is 364 g/mol. The van der Waals surface area contributed by atoms with Crippen molar-refractivity contribution in [1.29, 1.82) is 0 Å². The molecule has 0 bridgehead atoms. The van der Waals surface area contributed by atoms with Crippen molar-refractivity contribution in [2.24, 2.45) is 7.05 Å². The number of rotatable bonds is 5. The number of sulfonamides is 1. The van der Waals surface area contributed by atoms with Gasteiger partial charge < -0.3 is 0 Å². The van der Waals surface area contributed by atoms with Gasteiger partial charge in [-0.1, -0.05) is 6.07 Å². The summed E-state index contributed by atoms with van der Waals surface area (Å²) in [5.74, 6) is -1.92. The Morgan fingerprint density at radius 2 is 1.92 bits per heavy atom. The second-order valence-corrected chi connectivity index (χ2v) is 7.11. The molecule has 0 aliphatic heterocycles. The van der Waals surface area contributed by atoms with Gasteiger partial charge in [-0.05, 0) is 23.8 Å². The normalized spacial score (nSPS) is 11.6. The second-order valence-electron chi connectivity index (χ2n) is 5.34. The van der Waals surface area contributed by atoms with E-state index in [0.717, 1.165) is 17.7 Å². The molecule has 0 aliphatic carbocycles. The molecule has 0 fully saturated rings. The molecule has 0 unspecified atom stereocenters. The van der Waals surface area contributed by atoms with E-state index in [9.17, 15) is 17.2 Å². The quantitative estimate of drug-likeness (QED) is 0.753. The van der Waals surface area contributed by atoms with E-state index in [1.807, 2.05) is 0 Å². The topological polar surface area (TPSA) is 76.9 Å². The third kappa shape index (κ3) is 3.89. The van der Waals surface area contributed by atoms with Gasteiger partial charge in [0, 0.05) is 37.6 Å². The molecule has 1 N–H and O–H groups in total. The molecular formula is C16H14F2N4O2S. The fraction of sp³-hybridized carbons (Fsp3) is 0.125. The van der Waals surface area contributed by atoms with Crippen molar-refractivity contribution in [2.75, 3.05) is 0 Å². The Morgan fingerprint density at radius 1 is 1.20 bits per heavy atom. The Morgan fingerprint density at radius 3 is 2.56 bits per heavy atom. The summed E-state index contributed by atoms with van der Waals surface area (Å²) in [4.78, 5) is 3.78. The molecule has 3 rings (SSSR count). The largest absolute Gasteiger partial charge is 0.275 e. The molecule has 25 heavy (non-hydrogen) atoms. The maximum atomic E-state index is 13.3. The number of aromatic nitrogens is 3. The van der Waals surface area contributed by atoms with Gasteiger partial charge in [0.15, 0.2) is 0 Å². The minimum atomic E-state index is -4.08. The summed E-state index contributed by atoms with van der Waals surface area (Å²) >= 11 is 0. The Hall–Kier alpha value is -2.65. The van der Waals surface area contributed by atoms with Gasteiger partial charge in [-0.2, -0.15) is 5.10 Å². The van der Waals surface area contributed by atoms with E-state index in [1.54, 1.807) is 42.5 Å². The van der Waals surface area contributed by atoms with Crippen LogP contribution in [-0.4, -0.2) is 23.2 Å². The molecule has 2 heterocycles. The number of hydrogen-bond donors (Lipinski definition) is 1. The highest BCUT2D eigenvalue weighted by atomic mass is 32.2. The minimum Gasteiger partial charge on any atom is -0.275 e. The van der Waals surface area contributed by atoms with Gasteiger partial charge in [-0.15, -0.1) is 0 Å². The first kappa shape index (κ1) is 17.2. The highest BCUT2D eigenvalue weighted by Crippen LogP contribution is 2.21. The lowest BCUT2D eigenvalue weighted by Crippen LogP contribution is -2.24. The number of nitrogens with zero attached hydrogens (tertiary/aromatic N) is 3. The molecule has 2 aromatic heterocycles. The Balaban J connectivity index is 1.86. The number of nitrogens with one attached hydrogen (secondary N) is 1. The van der Waals surface area contributed by atoms with Gasteiger partial charge in [0.05, 0.1) is 16.8 Å². The number of benzene rings is 1. The van der Waals surface area contributed by atoms with Crippen molar-refractivity contribution < 1.29 is 17.2 Å². The predicted octanol–water partition coefficient (Wildman–Crippen LogP) is 2.24. The molecule has 0 saturated carbocycles. The van der Waals surface area contributed by atoms with Gasteiger partial charge in [0.1, 0.15) is 11.6 Å². The van der Waals surface area contributed by atoms with E-state index in [1.165, 1.54) is 0 Å². The lowest BCUT2D eigenvalue weighted by atomic mass is 10.1. The predicted molar refractivity (Wildman–Crippen MR) is 86.8 cm³/mol. The van der Waals surface area contributed by atoms with Gasteiger partial charge in [-0.25, -0.2) is 21.9 Å². The minimum absolute atomic E-state index is 0.0848. The first-order valence-electron chi connectivity index (χ1n) is 7.24. The fourth-order valence-electron chi connectivity index (χ4n) is 2.32. The maximum Gasteiger partial charge on any atom is 0.241 e. The SMILES string of the molecule is Cn1cc(-c2ncccc2CNS(=O)(=O)c2cc(F)cc(F)c2)cn1. The van der Waals surface area contributed by atoms with Crippen LogP contribution in [0.2, 0.25) is 0 Å². The van der Waals surface area contributed by atoms with Crippen molar-refractivity contribution >= 4 is 10.0 Å². The van der Waals surface area contributed by atoms with Crippen molar-refractivity contribution in [2.45, 2.75) is 11.4 Å². The van der Waals surface area contributed by atoms with Crippen molar-refractivity contribution in [3.63, 3.8) is 0 Å². The third-order valence-electron chi connectivity index (χ3n) is 3.47. The lowest BCUT2D eigenvalue weighted by Gasteiger charge is -2.10. The first-order chi connectivity index (χ1) is 11.8. The van der Waals surface area contributed by atoms with E-state index in [2.05, 4.69) is 14.8 Å². The van der Waals surface area contributed by atoms with Crippen LogP contribution in [0.5, 0.6) is 0 Å². The van der Waals surface area contributed by atoms with Crippen molar-refractivity contribution in [1.82, 2.24) is 19.5 Å². The van der Waals surface area contributed by atoms with Gasteiger partial charge in [-0.3, -0.25) is 9.67 Å². The van der Waals surface area contributed by atoms with Crippen LogP contribution < -0.4 is 4.72 Å². The third-order valence-corrected chi connectivity index (χ3v) is 4.85. The zero-order valence-corrected chi connectivity index (χ0v) is 14.0. The standard InChI is InChI=1S/C16H14F2N4O2S/c1-22-10-12(8-20-22)16-11(3-2-4-19-16)9-21-25(23,24)15-6-13(17)5-14(18)7-15/h2-8,10,21H,9H2,1H3. The summed E-state index contributed by atoms with van der Waals surface area (Å²) in [7, 11) is -2.32. The fourth-order valence-corrected chi connectivity index (χ4v) is 3.37. The molecular weight excluding hydrogens is 350 g/mol. The van der Waals surface area contributed by atoms with Crippen LogP contribution in [-0.2, 0) is 23.6 Å². The van der Waals surface area contributed by atoms with Crippen LogP contribution >= 0.6 is 0 Å². The lowest BCUT2D eigenvalue weighted by molar-refractivity contribution is 0.561. The molecule has 0 radical (unpaired) electrons. The van der Waals surface area contributed by atoms with E-state index >= 15 is 0 Å². The number of aryl methyl sites for hydroxylation is 1. The van der Waals surface area contributed by atoms with Gasteiger partial charge in [0.25, 0.3) is 0 Å². The highest BCUT2D eigenvalue weighted by molar-refractivity contribution is 7.89. The van der Waals surface area contributed by atoms with Crippen molar-refractivity contribution in [3.8, 4) is 11.3 Å². The smallest absolute Gasteiger partial charge is 0.241 e. The molecule has 3 aromatic rings. The van der Waals surface area contributed by atoms with Crippen LogP contribution in [0.3, 0.4) is 0 Å². The van der Waals surface area contributed by atoms with Crippen molar-refractivity contribution in [3.05, 3.63) is 66.1 Å². The Labute approximate surface area is 143 Å². The Bertz CT molecular complexity index is 998. The van der Waals surface area contributed by atoms with Crippen LogP contribution in [0, 0.1) is 11.6 Å². The first-order valence-corrected chi connectivity index (χ1v) is 8.72. The number of halogens is 2. The van der Waals surface area contributed by atoms with Crippen LogP contribution in [0.1, 0.15) is 5.56 Å². The van der Waals surface area contributed by atoms with E-state index in [0.29, 0.717) is 17.3 Å². The van der Waals surface area contributed by atoms with Crippen LogP contribution in [0.15, 0.2) is 53.8 Å². The zero-order chi connectivity index (χ0) is 18.0. The molecule has 1 aromatic carbocycles. The van der Waals surface area contributed by atoms with E-state index < -0.39 is 26.6 Å².